The Labute approximate surface area is 190 Å². The molecule has 1 fully saturated rings. The highest BCUT2D eigenvalue weighted by atomic mass is 16.5. The Morgan fingerprint density at radius 3 is 2.48 bits per heavy atom. The standard InChI is InChI=1S/C28H31NO2/c30-24-11-15-27-23(20-24)10-14-26(21-6-2-1-3-7-21)28(27)22-8-12-25(13-9-22)31-19-18-29-16-4-5-17-29/h1-3,6-9,11-13,15,20,26,28,30H,4-5,10,14,16-19H2/t26-,28+/m0/s1/i18D2,19D2. The summed E-state index contributed by atoms with van der Waals surface area (Å²) in [7, 11) is 0. The minimum atomic E-state index is -2.49. The number of hydrogen-bond donors (Lipinski definition) is 1. The molecule has 31 heavy (non-hydrogen) atoms. The average Bonchev–Trinajstić information content (AvgIpc) is 3.40. The van der Waals surface area contributed by atoms with Crippen molar-refractivity contribution in [2.24, 2.45) is 0 Å². The molecule has 0 radical (unpaired) electrons. The molecule has 1 saturated heterocycles. The smallest absolute Gasteiger partial charge is 0.119 e. The van der Waals surface area contributed by atoms with Crippen LogP contribution in [-0.2, 0) is 6.42 Å². The fraction of sp³-hybridized carbons (Fsp3) is 0.357. The number of ether oxygens (including phenoxy) is 1. The molecule has 0 unspecified atom stereocenters. The number of hydrogen-bond acceptors (Lipinski definition) is 3. The average molecular weight is 418 g/mol. The number of phenols is 1. The van der Waals surface area contributed by atoms with Gasteiger partial charge in [-0.2, -0.15) is 0 Å². The summed E-state index contributed by atoms with van der Waals surface area (Å²) in [4.78, 5) is 1.53. The minimum Gasteiger partial charge on any atom is -0.508 e. The Bertz CT molecular complexity index is 1160. The summed E-state index contributed by atoms with van der Waals surface area (Å²) in [6.45, 7) is -3.63. The molecule has 0 saturated carbocycles. The van der Waals surface area contributed by atoms with E-state index in [0.717, 1.165) is 36.8 Å². The van der Waals surface area contributed by atoms with Crippen molar-refractivity contribution in [1.82, 2.24) is 4.90 Å². The maximum absolute atomic E-state index is 10.0. The quantitative estimate of drug-likeness (QED) is 0.556. The van der Waals surface area contributed by atoms with Gasteiger partial charge in [-0.15, -0.1) is 0 Å². The SMILES string of the molecule is [2H]C([2H])(Oc1ccc([C@H]2c3ccc(O)cc3CC[C@H]2c2ccccc2)cc1)C([2H])([2H])N1CCCC1. The van der Waals surface area contributed by atoms with Gasteiger partial charge in [0.15, 0.2) is 0 Å². The highest BCUT2D eigenvalue weighted by Gasteiger charge is 2.32. The minimum absolute atomic E-state index is 0.0867. The molecule has 3 nitrogen and oxygen atoms in total. The van der Waals surface area contributed by atoms with Crippen molar-refractivity contribution < 1.29 is 15.3 Å². The Kier molecular flexibility index (Phi) is 4.71. The van der Waals surface area contributed by atoms with Gasteiger partial charge in [0.25, 0.3) is 0 Å². The zero-order valence-electron chi connectivity index (χ0n) is 21.6. The van der Waals surface area contributed by atoms with Gasteiger partial charge < -0.3 is 9.84 Å². The molecule has 1 heterocycles. The topological polar surface area (TPSA) is 32.7 Å². The van der Waals surface area contributed by atoms with Crippen molar-refractivity contribution in [3.63, 3.8) is 0 Å². The number of phenolic OH excluding ortho intramolecular Hbond substituents is 1. The van der Waals surface area contributed by atoms with E-state index in [2.05, 4.69) is 24.3 Å². The van der Waals surface area contributed by atoms with E-state index in [4.69, 9.17) is 10.2 Å². The highest BCUT2D eigenvalue weighted by molar-refractivity contribution is 5.48. The molecule has 1 aliphatic carbocycles. The van der Waals surface area contributed by atoms with Gasteiger partial charge in [-0.3, -0.25) is 4.90 Å². The van der Waals surface area contributed by atoms with Gasteiger partial charge in [0.1, 0.15) is 18.1 Å². The van der Waals surface area contributed by atoms with Gasteiger partial charge in [-0.25, -0.2) is 0 Å². The molecule has 160 valence electrons. The van der Waals surface area contributed by atoms with Crippen LogP contribution in [0.5, 0.6) is 11.5 Å². The molecule has 0 spiro atoms. The highest BCUT2D eigenvalue weighted by Crippen LogP contribution is 2.47. The first-order valence-electron chi connectivity index (χ1n) is 13.2. The fourth-order valence-corrected chi connectivity index (χ4v) is 5.00. The van der Waals surface area contributed by atoms with Crippen molar-refractivity contribution in [3.05, 3.63) is 95.1 Å². The molecular weight excluding hydrogens is 382 g/mol. The van der Waals surface area contributed by atoms with E-state index in [0.29, 0.717) is 18.8 Å². The number of likely N-dealkylation sites (tertiary alicyclic amines) is 1. The molecule has 2 atom stereocenters. The second-order valence-electron chi connectivity index (χ2n) is 8.50. The van der Waals surface area contributed by atoms with Gasteiger partial charge in [0, 0.05) is 15.2 Å². The van der Waals surface area contributed by atoms with E-state index >= 15 is 0 Å². The van der Waals surface area contributed by atoms with Gasteiger partial charge in [-0.05, 0) is 91.2 Å². The third-order valence-electron chi connectivity index (χ3n) is 6.53. The molecule has 1 N–H and O–H groups in total. The lowest BCUT2D eigenvalue weighted by Crippen LogP contribution is -2.25. The molecule has 3 aromatic carbocycles. The van der Waals surface area contributed by atoms with Crippen LogP contribution in [0.25, 0.3) is 0 Å². The molecule has 0 aromatic heterocycles. The van der Waals surface area contributed by atoms with Crippen molar-refractivity contribution in [3.8, 4) is 11.5 Å². The third kappa shape index (κ3) is 4.47. The van der Waals surface area contributed by atoms with Crippen LogP contribution in [0.1, 0.15) is 58.8 Å². The summed E-state index contributed by atoms with van der Waals surface area (Å²) in [6, 6.07) is 23.5. The first-order valence-corrected chi connectivity index (χ1v) is 11.2. The van der Waals surface area contributed by atoms with E-state index in [1.54, 1.807) is 18.2 Å². The Morgan fingerprint density at radius 1 is 0.935 bits per heavy atom. The van der Waals surface area contributed by atoms with Gasteiger partial charge >= 0.3 is 0 Å². The van der Waals surface area contributed by atoms with Crippen LogP contribution in [0.2, 0.25) is 0 Å². The van der Waals surface area contributed by atoms with Gasteiger partial charge in [0.2, 0.25) is 0 Å². The molecule has 3 heteroatoms. The molecule has 0 amide bonds. The van der Waals surface area contributed by atoms with Gasteiger partial charge in [-0.1, -0.05) is 48.5 Å². The van der Waals surface area contributed by atoms with Crippen LogP contribution in [0.4, 0.5) is 0 Å². The number of fused-ring (bicyclic) bond motifs is 1. The van der Waals surface area contributed by atoms with E-state index in [-0.39, 0.29) is 17.6 Å². The van der Waals surface area contributed by atoms with Crippen LogP contribution in [0.15, 0.2) is 72.8 Å². The van der Waals surface area contributed by atoms with Gasteiger partial charge in [0.05, 0.1) is 2.74 Å². The predicted octanol–water partition coefficient (Wildman–Crippen LogP) is 5.73. The lowest BCUT2D eigenvalue weighted by atomic mass is 9.69. The zero-order chi connectivity index (χ0) is 24.6. The molecule has 3 aromatic rings. The zero-order valence-corrected chi connectivity index (χ0v) is 17.6. The normalized spacial score (nSPS) is 23.9. The van der Waals surface area contributed by atoms with E-state index < -0.39 is 13.1 Å². The Morgan fingerprint density at radius 2 is 1.71 bits per heavy atom. The molecular formula is C28H31NO2. The number of aryl methyl sites for hydroxylation is 1. The van der Waals surface area contributed by atoms with Crippen LogP contribution >= 0.6 is 0 Å². The summed E-state index contributed by atoms with van der Waals surface area (Å²) in [5.41, 5.74) is 4.70. The second-order valence-corrected chi connectivity index (χ2v) is 8.50. The van der Waals surface area contributed by atoms with E-state index in [1.165, 1.54) is 16.0 Å². The van der Waals surface area contributed by atoms with Crippen LogP contribution in [0, 0.1) is 0 Å². The van der Waals surface area contributed by atoms with Crippen molar-refractivity contribution in [2.75, 3.05) is 26.1 Å². The lowest BCUT2D eigenvalue weighted by molar-refractivity contribution is 0.237. The summed E-state index contributed by atoms with van der Waals surface area (Å²) < 4.78 is 39.0. The monoisotopic (exact) mass is 417 g/mol. The molecule has 1 aliphatic heterocycles. The number of aromatic hydroxyl groups is 1. The Hall–Kier alpha value is -2.78. The predicted molar refractivity (Wildman–Crippen MR) is 125 cm³/mol. The number of nitrogens with zero attached hydrogens (tertiary/aromatic N) is 1. The van der Waals surface area contributed by atoms with E-state index in [1.807, 2.05) is 30.3 Å². The maximum Gasteiger partial charge on any atom is 0.119 e. The maximum atomic E-state index is 10.0. The molecule has 0 bridgehead atoms. The summed E-state index contributed by atoms with van der Waals surface area (Å²) in [6.07, 6.45) is 3.59. The summed E-state index contributed by atoms with van der Waals surface area (Å²) >= 11 is 0. The third-order valence-corrected chi connectivity index (χ3v) is 6.53. The van der Waals surface area contributed by atoms with Crippen molar-refractivity contribution in [2.45, 2.75) is 37.5 Å². The van der Waals surface area contributed by atoms with E-state index in [9.17, 15) is 5.11 Å². The number of benzene rings is 3. The van der Waals surface area contributed by atoms with Crippen molar-refractivity contribution in [1.29, 1.82) is 0 Å². The molecule has 2 aliphatic rings. The first kappa shape index (κ1) is 15.9. The first-order chi connectivity index (χ1) is 16.8. The summed E-state index contributed by atoms with van der Waals surface area (Å²) in [5, 5.41) is 10.0. The second kappa shape index (κ2) is 9.15. The van der Waals surface area contributed by atoms with Crippen molar-refractivity contribution >= 4 is 0 Å². The summed E-state index contributed by atoms with van der Waals surface area (Å²) in [5.74, 6) is 0.943. The largest absolute Gasteiger partial charge is 0.508 e. The van der Waals surface area contributed by atoms with Crippen LogP contribution in [0.3, 0.4) is 0 Å². The number of rotatable bonds is 6. The Balaban J connectivity index is 1.44. The lowest BCUT2D eigenvalue weighted by Gasteiger charge is -2.35. The fourth-order valence-electron chi connectivity index (χ4n) is 5.00. The van der Waals surface area contributed by atoms with Crippen LogP contribution in [-0.4, -0.2) is 36.2 Å². The van der Waals surface area contributed by atoms with Crippen LogP contribution < -0.4 is 4.74 Å². The molecule has 5 rings (SSSR count).